The van der Waals surface area contributed by atoms with E-state index in [4.69, 9.17) is 5.84 Å². The summed E-state index contributed by atoms with van der Waals surface area (Å²) >= 11 is 1.49. The van der Waals surface area contributed by atoms with Gasteiger partial charge in [-0.25, -0.2) is 15.8 Å². The molecule has 0 unspecified atom stereocenters. The highest BCUT2D eigenvalue weighted by molar-refractivity contribution is 7.07. The smallest absolute Gasteiger partial charge is 0.255 e. The number of nitrogen functional groups attached to an aromatic ring is 1. The summed E-state index contributed by atoms with van der Waals surface area (Å²) in [6.45, 7) is 0.390. The van der Waals surface area contributed by atoms with Crippen molar-refractivity contribution in [1.82, 2.24) is 15.3 Å². The first-order valence-electron chi connectivity index (χ1n) is 4.88. The summed E-state index contributed by atoms with van der Waals surface area (Å²) in [5, 5.41) is 4.63. The first-order valence-corrected chi connectivity index (χ1v) is 5.82. The van der Waals surface area contributed by atoms with Gasteiger partial charge in [0.2, 0.25) is 0 Å². The Morgan fingerprint density at radius 3 is 3.06 bits per heavy atom. The number of hydrogen-bond acceptors (Lipinski definition) is 6. The second-order valence-electron chi connectivity index (χ2n) is 3.21. The van der Waals surface area contributed by atoms with E-state index in [1.165, 1.54) is 11.3 Å². The zero-order valence-corrected chi connectivity index (χ0v) is 9.70. The molecule has 88 valence electrons. The highest BCUT2D eigenvalue weighted by atomic mass is 32.1. The maximum Gasteiger partial charge on any atom is 0.255 e. The average molecular weight is 249 g/mol. The Balaban J connectivity index is 2.04. The second-order valence-corrected chi connectivity index (χ2v) is 3.93. The molecule has 2 heterocycles. The molecule has 0 aliphatic heterocycles. The lowest BCUT2D eigenvalue weighted by Crippen LogP contribution is -2.25. The van der Waals surface area contributed by atoms with Crippen molar-refractivity contribution in [3.63, 3.8) is 0 Å². The SMILES string of the molecule is NNc1ncccc1C(=O)NCc1cscn1. The molecule has 0 atom stereocenters. The number of carbonyl (C=O) groups excluding carboxylic acids is 1. The lowest BCUT2D eigenvalue weighted by Gasteiger charge is -2.07. The monoisotopic (exact) mass is 249 g/mol. The molecule has 7 heteroatoms. The number of carbonyl (C=O) groups is 1. The molecule has 0 aromatic carbocycles. The van der Waals surface area contributed by atoms with E-state index in [0.717, 1.165) is 5.69 Å². The van der Waals surface area contributed by atoms with Gasteiger partial charge >= 0.3 is 0 Å². The van der Waals surface area contributed by atoms with Crippen LogP contribution in [0.1, 0.15) is 16.1 Å². The number of nitrogens with one attached hydrogen (secondary N) is 2. The number of anilines is 1. The molecule has 0 radical (unpaired) electrons. The summed E-state index contributed by atoms with van der Waals surface area (Å²) in [6, 6.07) is 3.33. The fourth-order valence-corrected chi connectivity index (χ4v) is 1.85. The number of thiazole rings is 1. The third-order valence-electron chi connectivity index (χ3n) is 2.10. The van der Waals surface area contributed by atoms with Gasteiger partial charge in [-0.1, -0.05) is 0 Å². The largest absolute Gasteiger partial charge is 0.346 e. The predicted octanol–water partition coefficient (Wildman–Crippen LogP) is 0.754. The van der Waals surface area contributed by atoms with Crippen molar-refractivity contribution in [1.29, 1.82) is 0 Å². The van der Waals surface area contributed by atoms with Crippen LogP contribution in [0.2, 0.25) is 0 Å². The van der Waals surface area contributed by atoms with Crippen LogP contribution in [0, 0.1) is 0 Å². The number of hydrogen-bond donors (Lipinski definition) is 3. The Kier molecular flexibility index (Phi) is 3.63. The van der Waals surface area contributed by atoms with Crippen molar-refractivity contribution in [2.75, 3.05) is 5.43 Å². The van der Waals surface area contributed by atoms with Crippen LogP contribution in [0.3, 0.4) is 0 Å². The number of nitrogens with two attached hydrogens (primary N) is 1. The van der Waals surface area contributed by atoms with Crippen molar-refractivity contribution in [2.45, 2.75) is 6.54 Å². The Morgan fingerprint density at radius 1 is 1.47 bits per heavy atom. The Bertz CT molecular complexity index is 499. The number of amides is 1. The molecule has 6 nitrogen and oxygen atoms in total. The van der Waals surface area contributed by atoms with Gasteiger partial charge in [0.1, 0.15) is 0 Å². The number of nitrogens with zero attached hydrogens (tertiary/aromatic N) is 2. The van der Waals surface area contributed by atoms with Crippen molar-refractivity contribution in [2.24, 2.45) is 5.84 Å². The van der Waals surface area contributed by atoms with Gasteiger partial charge in [-0.3, -0.25) is 4.79 Å². The van der Waals surface area contributed by atoms with Crippen LogP contribution >= 0.6 is 11.3 Å². The zero-order chi connectivity index (χ0) is 12.1. The highest BCUT2D eigenvalue weighted by Gasteiger charge is 2.11. The fourth-order valence-electron chi connectivity index (χ4n) is 1.29. The standard InChI is InChI=1S/C10H11N5OS/c11-15-9-8(2-1-3-12-9)10(16)13-4-7-5-17-6-14-7/h1-3,5-6H,4,11H2,(H,12,15)(H,13,16). The van der Waals surface area contributed by atoms with E-state index in [-0.39, 0.29) is 5.91 Å². The molecule has 0 saturated heterocycles. The zero-order valence-electron chi connectivity index (χ0n) is 8.88. The molecule has 17 heavy (non-hydrogen) atoms. The number of pyridine rings is 1. The summed E-state index contributed by atoms with van der Waals surface area (Å²) in [4.78, 5) is 19.9. The molecular formula is C10H11N5OS. The molecular weight excluding hydrogens is 238 g/mol. The van der Waals surface area contributed by atoms with Crippen LogP contribution in [-0.2, 0) is 6.54 Å². The van der Waals surface area contributed by atoms with E-state index in [1.807, 2.05) is 5.38 Å². The molecule has 0 saturated carbocycles. The first kappa shape index (κ1) is 11.5. The third-order valence-corrected chi connectivity index (χ3v) is 2.74. The number of rotatable bonds is 4. The van der Waals surface area contributed by atoms with Gasteiger partial charge in [0.15, 0.2) is 5.82 Å². The van der Waals surface area contributed by atoms with Crippen LogP contribution in [0.5, 0.6) is 0 Å². The first-order chi connectivity index (χ1) is 8.31. The third kappa shape index (κ3) is 2.77. The summed E-state index contributed by atoms with van der Waals surface area (Å²) in [5.74, 6) is 5.39. The van der Waals surface area contributed by atoms with E-state index in [1.54, 1.807) is 23.8 Å². The fraction of sp³-hybridized carbons (Fsp3) is 0.100. The van der Waals surface area contributed by atoms with Gasteiger partial charge in [0, 0.05) is 11.6 Å². The molecule has 0 aliphatic rings. The van der Waals surface area contributed by atoms with Gasteiger partial charge in [0.25, 0.3) is 5.91 Å². The molecule has 2 rings (SSSR count). The van der Waals surface area contributed by atoms with Crippen LogP contribution < -0.4 is 16.6 Å². The van der Waals surface area contributed by atoms with E-state index >= 15 is 0 Å². The molecule has 0 fully saturated rings. The van der Waals surface area contributed by atoms with Gasteiger partial charge in [-0.05, 0) is 12.1 Å². The molecule has 0 aliphatic carbocycles. The normalized spacial score (nSPS) is 9.94. The van der Waals surface area contributed by atoms with E-state index < -0.39 is 0 Å². The van der Waals surface area contributed by atoms with Crippen LogP contribution in [0.15, 0.2) is 29.2 Å². The van der Waals surface area contributed by atoms with Gasteiger partial charge in [-0.15, -0.1) is 11.3 Å². The van der Waals surface area contributed by atoms with E-state index in [2.05, 4.69) is 20.7 Å². The minimum Gasteiger partial charge on any atom is -0.346 e. The number of aromatic nitrogens is 2. The minimum atomic E-state index is -0.237. The van der Waals surface area contributed by atoms with Crippen LogP contribution in [0.25, 0.3) is 0 Å². The topological polar surface area (TPSA) is 92.9 Å². The van der Waals surface area contributed by atoms with E-state index in [0.29, 0.717) is 17.9 Å². The molecule has 0 bridgehead atoms. The summed E-state index contributed by atoms with van der Waals surface area (Å²) < 4.78 is 0. The lowest BCUT2D eigenvalue weighted by molar-refractivity contribution is 0.0951. The maximum absolute atomic E-state index is 11.8. The Hall–Kier alpha value is -1.99. The average Bonchev–Trinajstić information content (AvgIpc) is 2.89. The predicted molar refractivity (Wildman–Crippen MR) is 65.3 cm³/mol. The molecule has 1 amide bonds. The van der Waals surface area contributed by atoms with Crippen LogP contribution in [-0.4, -0.2) is 15.9 Å². The lowest BCUT2D eigenvalue weighted by atomic mass is 10.2. The summed E-state index contributed by atoms with van der Waals surface area (Å²) in [7, 11) is 0. The highest BCUT2D eigenvalue weighted by Crippen LogP contribution is 2.09. The quantitative estimate of drug-likeness (QED) is 0.549. The van der Waals surface area contributed by atoms with E-state index in [9.17, 15) is 4.79 Å². The summed E-state index contributed by atoms with van der Waals surface area (Å²) in [6.07, 6.45) is 1.56. The minimum absolute atomic E-state index is 0.237. The molecule has 0 spiro atoms. The van der Waals surface area contributed by atoms with Crippen molar-refractivity contribution in [3.05, 3.63) is 40.5 Å². The van der Waals surface area contributed by atoms with Crippen LogP contribution in [0.4, 0.5) is 5.82 Å². The number of hydrazine groups is 1. The Labute approximate surface area is 102 Å². The second kappa shape index (κ2) is 5.37. The molecule has 2 aromatic heterocycles. The molecule has 4 N–H and O–H groups in total. The van der Waals surface area contributed by atoms with Gasteiger partial charge in [0.05, 0.1) is 23.3 Å². The van der Waals surface area contributed by atoms with Gasteiger partial charge < -0.3 is 10.7 Å². The summed E-state index contributed by atoms with van der Waals surface area (Å²) in [5.41, 5.74) is 5.34. The molecule has 2 aromatic rings. The van der Waals surface area contributed by atoms with Gasteiger partial charge in [-0.2, -0.15) is 0 Å². The van der Waals surface area contributed by atoms with Crippen molar-refractivity contribution >= 4 is 23.1 Å². The Morgan fingerprint density at radius 2 is 2.35 bits per heavy atom. The maximum atomic E-state index is 11.8. The van der Waals surface area contributed by atoms with Crippen molar-refractivity contribution < 1.29 is 4.79 Å². The van der Waals surface area contributed by atoms with Crippen molar-refractivity contribution in [3.8, 4) is 0 Å².